The Bertz CT molecular complexity index is 1580. The quantitative estimate of drug-likeness (QED) is 0.209. The summed E-state index contributed by atoms with van der Waals surface area (Å²) >= 11 is 0. The number of methoxy groups -OCH3 is 2. The van der Waals surface area contributed by atoms with Crippen LogP contribution >= 0.6 is 0 Å². The van der Waals surface area contributed by atoms with Crippen molar-refractivity contribution >= 4 is 41.8 Å². The van der Waals surface area contributed by atoms with Crippen molar-refractivity contribution in [1.29, 1.82) is 0 Å². The van der Waals surface area contributed by atoms with Crippen LogP contribution in [-0.2, 0) is 44.5 Å². The van der Waals surface area contributed by atoms with Gasteiger partial charge >= 0.3 is 24.1 Å². The third-order valence-electron chi connectivity index (χ3n) is 9.28. The summed E-state index contributed by atoms with van der Waals surface area (Å²) in [5.74, 6) is -5.76. The maximum atomic E-state index is 14.3. The van der Waals surface area contributed by atoms with E-state index in [4.69, 9.17) is 18.9 Å². The molecule has 2 fully saturated rings. The number of amides is 4. The topological polar surface area (TPSA) is 161 Å². The summed E-state index contributed by atoms with van der Waals surface area (Å²) in [4.78, 5) is 88.1. The van der Waals surface area contributed by atoms with Gasteiger partial charge in [0.15, 0.2) is 0 Å². The van der Waals surface area contributed by atoms with Crippen molar-refractivity contribution in [3.63, 3.8) is 0 Å². The lowest BCUT2D eigenvalue weighted by molar-refractivity contribution is -0.151. The lowest BCUT2D eigenvalue weighted by Crippen LogP contribution is -2.63. The third kappa shape index (κ3) is 5.55. The molecule has 14 heteroatoms. The SMILES string of the molecule is CCC1=C(OC(=O)N(CC)CC)N2C(=O)OC(=NCC(=O)OC)[C@]2(Cc2ccccc2)[C@H]2C1=CC[C@H]1C(=O)N(CC(=O)OC)C(=O)[C@H]12. The van der Waals surface area contributed by atoms with Crippen LogP contribution < -0.4 is 0 Å². The molecule has 1 aliphatic carbocycles. The zero-order valence-electron chi connectivity index (χ0n) is 27.0. The molecule has 1 aromatic carbocycles. The number of carbonyl (C=O) groups excluding carboxylic acids is 6. The van der Waals surface area contributed by atoms with Crippen LogP contribution in [0, 0.1) is 17.8 Å². The Balaban J connectivity index is 1.80. The fraction of sp³-hybridized carbons (Fsp3) is 0.485. The van der Waals surface area contributed by atoms with E-state index in [1.165, 1.54) is 24.0 Å². The summed E-state index contributed by atoms with van der Waals surface area (Å²) in [6.07, 6.45) is 0.655. The van der Waals surface area contributed by atoms with Gasteiger partial charge in [-0.2, -0.15) is 0 Å². The van der Waals surface area contributed by atoms with E-state index < -0.39 is 72.3 Å². The zero-order valence-corrected chi connectivity index (χ0v) is 27.0. The zero-order chi connectivity index (χ0) is 34.0. The van der Waals surface area contributed by atoms with Gasteiger partial charge < -0.3 is 23.8 Å². The number of nitrogens with zero attached hydrogens (tertiary/aromatic N) is 4. The van der Waals surface area contributed by atoms with E-state index >= 15 is 0 Å². The van der Waals surface area contributed by atoms with E-state index in [0.29, 0.717) is 29.8 Å². The number of allylic oxidation sites excluding steroid dienone is 2. The molecule has 2 saturated heterocycles. The predicted octanol–water partition coefficient (Wildman–Crippen LogP) is 2.83. The first kappa shape index (κ1) is 33.4. The van der Waals surface area contributed by atoms with Gasteiger partial charge in [0.2, 0.25) is 23.6 Å². The lowest BCUT2D eigenvalue weighted by Gasteiger charge is -2.50. The third-order valence-corrected chi connectivity index (χ3v) is 9.28. The van der Waals surface area contributed by atoms with Crippen LogP contribution in [-0.4, -0.2) is 102 Å². The molecule has 0 N–H and O–H groups in total. The maximum absolute atomic E-state index is 14.3. The van der Waals surface area contributed by atoms with E-state index in [2.05, 4.69) is 4.99 Å². The highest BCUT2D eigenvalue weighted by atomic mass is 16.6. The van der Waals surface area contributed by atoms with E-state index in [9.17, 15) is 28.8 Å². The summed E-state index contributed by atoms with van der Waals surface area (Å²) < 4.78 is 21.5. The molecule has 4 amide bonds. The molecule has 47 heavy (non-hydrogen) atoms. The average Bonchev–Trinajstić information content (AvgIpc) is 3.49. The van der Waals surface area contributed by atoms with Gasteiger partial charge in [0.25, 0.3) is 0 Å². The minimum Gasteiger partial charge on any atom is -0.468 e. The fourth-order valence-corrected chi connectivity index (χ4v) is 7.13. The molecule has 3 heterocycles. The number of cyclic esters (lactones) is 1. The molecule has 0 bridgehead atoms. The van der Waals surface area contributed by atoms with Crippen LogP contribution in [0.3, 0.4) is 0 Å². The molecule has 4 atom stereocenters. The number of hydrogen-bond donors (Lipinski definition) is 0. The molecule has 1 aromatic rings. The molecular formula is C33H38N4O10. The minimum absolute atomic E-state index is 0.00655. The Morgan fingerprint density at radius 1 is 1.00 bits per heavy atom. The monoisotopic (exact) mass is 650 g/mol. The molecule has 0 spiro atoms. The van der Waals surface area contributed by atoms with E-state index in [-0.39, 0.29) is 31.0 Å². The van der Waals surface area contributed by atoms with Crippen LogP contribution in [0.4, 0.5) is 9.59 Å². The Morgan fingerprint density at radius 3 is 2.30 bits per heavy atom. The number of fused-ring (bicyclic) bond motifs is 5. The molecule has 14 nitrogen and oxygen atoms in total. The van der Waals surface area contributed by atoms with Crippen LogP contribution in [0.5, 0.6) is 0 Å². The number of likely N-dealkylation sites (tertiary alicyclic amines) is 1. The number of aliphatic imine (C=N–C) groups is 1. The van der Waals surface area contributed by atoms with Crippen molar-refractivity contribution in [3.05, 3.63) is 59.0 Å². The normalized spacial score (nSPS) is 25.6. The average molecular weight is 651 g/mol. The highest BCUT2D eigenvalue weighted by molar-refractivity contribution is 6.10. The summed E-state index contributed by atoms with van der Waals surface area (Å²) in [5.41, 5.74) is 0.112. The van der Waals surface area contributed by atoms with Crippen LogP contribution in [0.2, 0.25) is 0 Å². The van der Waals surface area contributed by atoms with Crippen molar-refractivity contribution in [1.82, 2.24) is 14.7 Å². The molecule has 5 rings (SSSR count). The van der Waals surface area contributed by atoms with Crippen molar-refractivity contribution in [3.8, 4) is 0 Å². The van der Waals surface area contributed by atoms with Gasteiger partial charge in [-0.15, -0.1) is 0 Å². The molecule has 0 saturated carbocycles. The highest BCUT2D eigenvalue weighted by Gasteiger charge is 2.70. The van der Waals surface area contributed by atoms with Crippen LogP contribution in [0.15, 0.2) is 58.4 Å². The Hall–Kier alpha value is -5.01. The van der Waals surface area contributed by atoms with Crippen molar-refractivity contribution < 1.29 is 47.7 Å². The van der Waals surface area contributed by atoms with Crippen molar-refractivity contribution in [2.24, 2.45) is 22.7 Å². The van der Waals surface area contributed by atoms with Crippen molar-refractivity contribution in [2.45, 2.75) is 45.6 Å². The highest BCUT2D eigenvalue weighted by Crippen LogP contribution is 2.58. The summed E-state index contributed by atoms with van der Waals surface area (Å²) in [5, 5.41) is 0. The van der Waals surface area contributed by atoms with Crippen LogP contribution in [0.25, 0.3) is 0 Å². The van der Waals surface area contributed by atoms with Crippen molar-refractivity contribution in [2.75, 3.05) is 40.4 Å². The van der Waals surface area contributed by atoms with Gasteiger partial charge in [-0.25, -0.2) is 19.5 Å². The smallest absolute Gasteiger partial charge is 0.424 e. The van der Waals surface area contributed by atoms with E-state index in [0.717, 1.165) is 4.90 Å². The Labute approximate surface area is 271 Å². The van der Waals surface area contributed by atoms with Gasteiger partial charge in [-0.05, 0) is 37.8 Å². The number of esters is 2. The Kier molecular flexibility index (Phi) is 9.50. The molecular weight excluding hydrogens is 612 g/mol. The second-order valence-corrected chi connectivity index (χ2v) is 11.5. The number of benzene rings is 1. The van der Waals surface area contributed by atoms with Gasteiger partial charge in [-0.1, -0.05) is 43.3 Å². The lowest BCUT2D eigenvalue weighted by atomic mass is 9.59. The van der Waals surface area contributed by atoms with Gasteiger partial charge in [0.1, 0.15) is 18.6 Å². The second kappa shape index (κ2) is 13.4. The maximum Gasteiger partial charge on any atom is 0.424 e. The number of rotatable bonds is 10. The molecule has 3 aliphatic heterocycles. The summed E-state index contributed by atoms with van der Waals surface area (Å²) in [6.45, 7) is 5.03. The van der Waals surface area contributed by atoms with E-state index in [1.54, 1.807) is 26.0 Å². The largest absolute Gasteiger partial charge is 0.468 e. The molecule has 0 unspecified atom stereocenters. The minimum atomic E-state index is -1.67. The Morgan fingerprint density at radius 2 is 1.68 bits per heavy atom. The number of hydrogen-bond acceptors (Lipinski definition) is 11. The first-order chi connectivity index (χ1) is 22.6. The standard InChI is InChI=1S/C33H38N4O10/c1-6-20-21-14-15-22-25(28(41)36(27(22)40)18-24(39)45-5)26(21)33(16-19-12-10-9-11-13-19)30(34-17-23(38)44-4)47-32(43)37(33)29(20)46-31(42)35(7-2)8-3/h9-14,22,25-26H,6-8,15-18H2,1-5H3/t22-,25-,26+,33+/m1/s1. The second-order valence-electron chi connectivity index (χ2n) is 11.5. The molecule has 0 radical (unpaired) electrons. The first-order valence-electron chi connectivity index (χ1n) is 15.6. The summed E-state index contributed by atoms with van der Waals surface area (Å²) in [6, 6.07) is 9.08. The van der Waals surface area contributed by atoms with E-state index in [1.807, 2.05) is 31.2 Å². The number of imide groups is 1. The fourth-order valence-electron chi connectivity index (χ4n) is 7.13. The number of ether oxygens (including phenoxy) is 4. The molecule has 4 aliphatic rings. The number of carbonyl (C=O) groups is 6. The first-order valence-corrected chi connectivity index (χ1v) is 15.6. The van der Waals surface area contributed by atoms with Gasteiger partial charge in [0.05, 0.1) is 26.1 Å². The van der Waals surface area contributed by atoms with Gasteiger partial charge in [0, 0.05) is 31.0 Å². The molecule has 250 valence electrons. The predicted molar refractivity (Wildman–Crippen MR) is 164 cm³/mol. The summed E-state index contributed by atoms with van der Waals surface area (Å²) in [7, 11) is 2.36. The van der Waals surface area contributed by atoms with Crippen LogP contribution in [0.1, 0.15) is 39.2 Å². The molecule has 0 aromatic heterocycles. The van der Waals surface area contributed by atoms with Gasteiger partial charge in [-0.3, -0.25) is 24.1 Å².